The van der Waals surface area contributed by atoms with Crippen LogP contribution in [0.1, 0.15) is 20.8 Å². The lowest BCUT2D eigenvalue weighted by molar-refractivity contribution is -0.114. The molecule has 1 aromatic heterocycles. The number of nitrogens with one attached hydrogen (secondary N) is 1. The van der Waals surface area contributed by atoms with Gasteiger partial charge in [0.05, 0.1) is 13.2 Å². The molecule has 1 N–H and O–H groups in total. The van der Waals surface area contributed by atoms with Gasteiger partial charge in [0.2, 0.25) is 11.7 Å². The zero-order valence-electron chi connectivity index (χ0n) is 15.5. The highest BCUT2D eigenvalue weighted by Crippen LogP contribution is 2.33. The van der Waals surface area contributed by atoms with Crippen molar-refractivity contribution in [3.63, 3.8) is 0 Å². The monoisotopic (exact) mass is 367 g/mol. The third-order valence-corrected chi connectivity index (χ3v) is 3.66. The van der Waals surface area contributed by atoms with Gasteiger partial charge in [-0.15, -0.1) is 0 Å². The molecule has 0 aliphatic carbocycles. The Morgan fingerprint density at radius 1 is 1.04 bits per heavy atom. The number of ether oxygens (including phenoxy) is 2. The number of aromatic nitrogens is 2. The third-order valence-electron chi connectivity index (χ3n) is 3.66. The first-order chi connectivity index (χ1) is 13.1. The van der Waals surface area contributed by atoms with Crippen LogP contribution in [0.25, 0.3) is 22.8 Å². The zero-order chi connectivity index (χ0) is 19.2. The maximum atomic E-state index is 11.2. The van der Waals surface area contributed by atoms with E-state index in [4.69, 9.17) is 14.0 Å². The second-order valence-electron chi connectivity index (χ2n) is 5.71. The molecule has 7 heteroatoms. The van der Waals surface area contributed by atoms with Gasteiger partial charge >= 0.3 is 0 Å². The molecular formula is C20H21N3O4. The molecule has 3 aromatic rings. The van der Waals surface area contributed by atoms with Gasteiger partial charge in [0.15, 0.2) is 11.5 Å². The molecule has 0 spiro atoms. The first kappa shape index (κ1) is 18.4. The van der Waals surface area contributed by atoms with E-state index in [1.165, 1.54) is 6.92 Å². The van der Waals surface area contributed by atoms with Crippen LogP contribution >= 0.6 is 0 Å². The van der Waals surface area contributed by atoms with Gasteiger partial charge in [-0.2, -0.15) is 4.98 Å². The van der Waals surface area contributed by atoms with Crippen LogP contribution in [0.4, 0.5) is 5.69 Å². The first-order valence-corrected chi connectivity index (χ1v) is 8.72. The highest BCUT2D eigenvalue weighted by molar-refractivity contribution is 5.89. The highest BCUT2D eigenvalue weighted by atomic mass is 16.5. The summed E-state index contributed by atoms with van der Waals surface area (Å²) in [6, 6.07) is 12.8. The molecule has 3 rings (SSSR count). The fourth-order valence-corrected chi connectivity index (χ4v) is 2.58. The summed E-state index contributed by atoms with van der Waals surface area (Å²) >= 11 is 0. The minimum atomic E-state index is -0.140. The standard InChI is InChI=1S/C20H21N3O4/c1-4-25-17-10-9-15(12-18(17)26-5-2)20-22-19(23-27-20)14-7-6-8-16(11-14)21-13(3)24/h6-12H,4-5H2,1-3H3,(H,21,24). The summed E-state index contributed by atoms with van der Waals surface area (Å²) in [4.78, 5) is 15.7. The number of amides is 1. The normalized spacial score (nSPS) is 10.5. The minimum Gasteiger partial charge on any atom is -0.490 e. The highest BCUT2D eigenvalue weighted by Gasteiger charge is 2.14. The molecular weight excluding hydrogens is 346 g/mol. The fraction of sp³-hybridized carbons (Fsp3) is 0.250. The summed E-state index contributed by atoms with van der Waals surface area (Å²) in [5, 5.41) is 6.78. The van der Waals surface area contributed by atoms with E-state index in [0.29, 0.717) is 42.1 Å². The summed E-state index contributed by atoms with van der Waals surface area (Å²) in [6.45, 7) is 6.36. The molecule has 0 unspecified atom stereocenters. The van der Waals surface area contributed by atoms with Crippen LogP contribution in [0.5, 0.6) is 11.5 Å². The lowest BCUT2D eigenvalue weighted by atomic mass is 10.2. The van der Waals surface area contributed by atoms with E-state index in [-0.39, 0.29) is 5.91 Å². The van der Waals surface area contributed by atoms with Crippen LogP contribution in [0, 0.1) is 0 Å². The molecule has 2 aromatic carbocycles. The van der Waals surface area contributed by atoms with Crippen molar-refractivity contribution in [1.82, 2.24) is 10.1 Å². The predicted octanol–water partition coefficient (Wildman–Crippen LogP) is 4.16. The Morgan fingerprint density at radius 2 is 1.81 bits per heavy atom. The molecule has 0 saturated heterocycles. The summed E-state index contributed by atoms with van der Waals surface area (Å²) in [5.74, 6) is 1.97. The van der Waals surface area contributed by atoms with Crippen LogP contribution in [0.2, 0.25) is 0 Å². The van der Waals surface area contributed by atoms with E-state index in [2.05, 4.69) is 15.5 Å². The van der Waals surface area contributed by atoms with Gasteiger partial charge in [0.1, 0.15) is 0 Å². The van der Waals surface area contributed by atoms with Gasteiger partial charge in [0, 0.05) is 23.7 Å². The van der Waals surface area contributed by atoms with Crippen LogP contribution in [0.3, 0.4) is 0 Å². The lowest BCUT2D eigenvalue weighted by Crippen LogP contribution is -2.05. The van der Waals surface area contributed by atoms with Crippen LogP contribution in [-0.4, -0.2) is 29.3 Å². The van der Waals surface area contributed by atoms with Gasteiger partial charge < -0.3 is 19.3 Å². The summed E-state index contributed by atoms with van der Waals surface area (Å²) in [5.41, 5.74) is 2.15. The van der Waals surface area contributed by atoms with Gasteiger partial charge in [0.25, 0.3) is 5.89 Å². The Balaban J connectivity index is 1.89. The zero-order valence-corrected chi connectivity index (χ0v) is 15.5. The molecule has 1 amide bonds. The second-order valence-corrected chi connectivity index (χ2v) is 5.71. The quantitative estimate of drug-likeness (QED) is 0.675. The lowest BCUT2D eigenvalue weighted by Gasteiger charge is -2.11. The largest absolute Gasteiger partial charge is 0.490 e. The Kier molecular flexibility index (Phi) is 5.71. The molecule has 0 atom stereocenters. The number of hydrogen-bond acceptors (Lipinski definition) is 6. The number of carbonyl (C=O) groups excluding carboxylic acids is 1. The predicted molar refractivity (Wildman–Crippen MR) is 102 cm³/mol. The molecule has 0 fully saturated rings. The molecule has 0 aliphatic rings. The van der Waals surface area contributed by atoms with E-state index >= 15 is 0 Å². The Hall–Kier alpha value is -3.35. The summed E-state index contributed by atoms with van der Waals surface area (Å²) < 4.78 is 16.6. The third kappa shape index (κ3) is 4.44. The average Bonchev–Trinajstić information content (AvgIpc) is 3.13. The number of nitrogens with zero attached hydrogens (tertiary/aromatic N) is 2. The van der Waals surface area contributed by atoms with E-state index < -0.39 is 0 Å². The maximum Gasteiger partial charge on any atom is 0.258 e. The van der Waals surface area contributed by atoms with Crippen molar-refractivity contribution in [2.45, 2.75) is 20.8 Å². The SMILES string of the molecule is CCOc1ccc(-c2nc(-c3cccc(NC(C)=O)c3)no2)cc1OCC. The van der Waals surface area contributed by atoms with Crippen molar-refractivity contribution >= 4 is 11.6 Å². The average molecular weight is 367 g/mol. The van der Waals surface area contributed by atoms with Crippen LogP contribution in [-0.2, 0) is 4.79 Å². The molecule has 0 radical (unpaired) electrons. The van der Waals surface area contributed by atoms with E-state index in [9.17, 15) is 4.79 Å². The van der Waals surface area contributed by atoms with Crippen molar-refractivity contribution in [1.29, 1.82) is 0 Å². The second kappa shape index (κ2) is 8.35. The molecule has 1 heterocycles. The van der Waals surface area contributed by atoms with Crippen molar-refractivity contribution in [2.24, 2.45) is 0 Å². The van der Waals surface area contributed by atoms with Gasteiger partial charge in [-0.3, -0.25) is 4.79 Å². The Labute approximate surface area is 157 Å². The fourth-order valence-electron chi connectivity index (χ4n) is 2.58. The van der Waals surface area contributed by atoms with Gasteiger partial charge in [-0.25, -0.2) is 0 Å². The Bertz CT molecular complexity index is 936. The molecule has 0 bridgehead atoms. The number of benzene rings is 2. The Morgan fingerprint density at radius 3 is 2.56 bits per heavy atom. The minimum absolute atomic E-state index is 0.140. The van der Waals surface area contributed by atoms with E-state index in [0.717, 1.165) is 11.1 Å². The summed E-state index contributed by atoms with van der Waals surface area (Å²) in [7, 11) is 0. The van der Waals surface area contributed by atoms with Crippen LogP contribution in [0.15, 0.2) is 47.0 Å². The topological polar surface area (TPSA) is 86.5 Å². The van der Waals surface area contributed by atoms with Crippen molar-refractivity contribution < 1.29 is 18.8 Å². The van der Waals surface area contributed by atoms with Crippen molar-refractivity contribution in [2.75, 3.05) is 18.5 Å². The molecule has 140 valence electrons. The van der Waals surface area contributed by atoms with Gasteiger partial charge in [-0.05, 0) is 44.2 Å². The van der Waals surface area contributed by atoms with E-state index in [1.54, 1.807) is 12.1 Å². The van der Waals surface area contributed by atoms with Crippen LogP contribution < -0.4 is 14.8 Å². The molecule has 27 heavy (non-hydrogen) atoms. The van der Waals surface area contributed by atoms with E-state index in [1.807, 2.05) is 44.2 Å². The van der Waals surface area contributed by atoms with Crippen molar-refractivity contribution in [3.05, 3.63) is 42.5 Å². The molecule has 0 saturated carbocycles. The van der Waals surface area contributed by atoms with Gasteiger partial charge in [-0.1, -0.05) is 17.3 Å². The van der Waals surface area contributed by atoms with Crippen molar-refractivity contribution in [3.8, 4) is 34.3 Å². The number of carbonyl (C=O) groups is 1. The first-order valence-electron chi connectivity index (χ1n) is 8.72. The number of hydrogen-bond donors (Lipinski definition) is 1. The maximum absolute atomic E-state index is 11.2. The number of anilines is 1. The summed E-state index contributed by atoms with van der Waals surface area (Å²) in [6.07, 6.45) is 0. The number of rotatable bonds is 7. The smallest absolute Gasteiger partial charge is 0.258 e. The molecule has 7 nitrogen and oxygen atoms in total. The molecule has 0 aliphatic heterocycles.